The summed E-state index contributed by atoms with van der Waals surface area (Å²) in [5.41, 5.74) is 3.84. The number of nitrogens with one attached hydrogen (secondary N) is 1. The third-order valence-electron chi connectivity index (χ3n) is 4.61. The molecule has 0 bridgehead atoms. The molecule has 0 fully saturated rings. The number of carboxylic acid groups (broad SMARTS) is 2. The van der Waals surface area contributed by atoms with Gasteiger partial charge in [-0.25, -0.2) is 14.6 Å². The van der Waals surface area contributed by atoms with Crippen LogP contribution in [0.1, 0.15) is 20.7 Å². The van der Waals surface area contributed by atoms with E-state index in [0.717, 1.165) is 16.8 Å². The van der Waals surface area contributed by atoms with Crippen LogP contribution in [0.15, 0.2) is 72.1 Å². The summed E-state index contributed by atoms with van der Waals surface area (Å²) in [6.45, 7) is 0. The third kappa shape index (κ3) is 4.39. The van der Waals surface area contributed by atoms with Crippen molar-refractivity contribution < 1.29 is 24.9 Å². The lowest BCUT2D eigenvalue weighted by atomic mass is 10.0. The van der Waals surface area contributed by atoms with Gasteiger partial charge in [0.1, 0.15) is 11.3 Å². The number of phenols is 1. The van der Waals surface area contributed by atoms with Gasteiger partial charge in [-0.2, -0.15) is 0 Å². The minimum absolute atomic E-state index is 0.179. The van der Waals surface area contributed by atoms with E-state index in [4.69, 9.17) is 5.11 Å². The molecule has 0 atom stereocenters. The van der Waals surface area contributed by atoms with Crippen molar-refractivity contribution in [2.24, 2.45) is 0 Å². The first-order valence-electron chi connectivity index (χ1n) is 9.14. The Kier molecular flexibility index (Phi) is 5.38. The summed E-state index contributed by atoms with van der Waals surface area (Å²) in [4.78, 5) is 26.8. The van der Waals surface area contributed by atoms with E-state index >= 15 is 0 Å². The fraction of sp³-hybridized carbons (Fsp3) is 0. The van der Waals surface area contributed by atoms with Gasteiger partial charge in [0.05, 0.1) is 11.3 Å². The molecule has 0 unspecified atom stereocenters. The van der Waals surface area contributed by atoms with Crippen LogP contribution >= 0.6 is 11.3 Å². The highest BCUT2D eigenvalue weighted by atomic mass is 32.1. The molecule has 0 aliphatic carbocycles. The fourth-order valence-electron chi connectivity index (χ4n) is 3.04. The van der Waals surface area contributed by atoms with Crippen LogP contribution in [0.2, 0.25) is 0 Å². The van der Waals surface area contributed by atoms with Gasteiger partial charge in [-0.15, -0.1) is 11.3 Å². The summed E-state index contributed by atoms with van der Waals surface area (Å²) in [6, 6.07) is 18.6. The normalized spacial score (nSPS) is 10.6. The average Bonchev–Trinajstić information content (AvgIpc) is 3.22. The molecule has 4 N–H and O–H groups in total. The molecule has 4 aromatic rings. The van der Waals surface area contributed by atoms with Gasteiger partial charge in [-0.1, -0.05) is 24.3 Å². The predicted molar refractivity (Wildman–Crippen MR) is 118 cm³/mol. The lowest BCUT2D eigenvalue weighted by molar-refractivity contribution is 0.0684. The number of rotatable bonds is 6. The Balaban J connectivity index is 1.55. The first-order valence-corrected chi connectivity index (χ1v) is 10.0. The number of benzene rings is 3. The monoisotopic (exact) mass is 432 g/mol. The summed E-state index contributed by atoms with van der Waals surface area (Å²) < 4.78 is 0. The number of hydrogen-bond donors (Lipinski definition) is 4. The van der Waals surface area contributed by atoms with Crippen molar-refractivity contribution in [3.8, 4) is 28.1 Å². The van der Waals surface area contributed by atoms with E-state index in [2.05, 4.69) is 10.3 Å². The number of carbonyl (C=O) groups is 2. The molecule has 3 aromatic carbocycles. The minimum atomic E-state index is -1.21. The van der Waals surface area contributed by atoms with E-state index < -0.39 is 11.9 Å². The maximum absolute atomic E-state index is 11.2. The lowest BCUT2D eigenvalue weighted by Crippen LogP contribution is -1.97. The average molecular weight is 432 g/mol. The molecule has 1 aromatic heterocycles. The van der Waals surface area contributed by atoms with E-state index in [1.54, 1.807) is 35.7 Å². The van der Waals surface area contributed by atoms with E-state index in [0.29, 0.717) is 16.4 Å². The Morgan fingerprint density at radius 1 is 0.839 bits per heavy atom. The first-order chi connectivity index (χ1) is 14.9. The van der Waals surface area contributed by atoms with E-state index in [1.165, 1.54) is 23.5 Å². The molecule has 8 heteroatoms. The zero-order chi connectivity index (χ0) is 22.0. The molecule has 31 heavy (non-hydrogen) atoms. The Morgan fingerprint density at radius 2 is 1.58 bits per heavy atom. The van der Waals surface area contributed by atoms with E-state index in [1.807, 2.05) is 24.3 Å². The Morgan fingerprint density at radius 3 is 2.29 bits per heavy atom. The first kappa shape index (κ1) is 20.1. The lowest BCUT2D eigenvalue weighted by Gasteiger charge is -2.07. The molecule has 0 spiro atoms. The van der Waals surface area contributed by atoms with Crippen LogP contribution in [0.4, 0.5) is 10.8 Å². The topological polar surface area (TPSA) is 120 Å². The summed E-state index contributed by atoms with van der Waals surface area (Å²) >= 11 is 1.37. The van der Waals surface area contributed by atoms with Crippen LogP contribution < -0.4 is 5.32 Å². The maximum Gasteiger partial charge on any atom is 0.339 e. The summed E-state index contributed by atoms with van der Waals surface area (Å²) in [5.74, 6) is -2.47. The van der Waals surface area contributed by atoms with Gasteiger partial charge in [0.15, 0.2) is 5.13 Å². The molecular formula is C23H16N2O5S. The second-order valence-electron chi connectivity index (χ2n) is 6.66. The summed E-state index contributed by atoms with van der Waals surface area (Å²) in [6.07, 6.45) is 0. The number of anilines is 2. The predicted octanol–water partition coefficient (Wildman–Crippen LogP) is 5.32. The standard InChI is InChI=1S/C23H16N2O5S/c26-20-9-8-16(11-18(20)22(29)30)19-12-31-23(25-19)24-17-3-1-2-15(10-17)13-4-6-14(7-5-13)21(27)28/h1-12,26H,(H,24,25)(H,27,28)(H,29,30). The van der Waals surface area contributed by atoms with Crippen molar-refractivity contribution in [1.29, 1.82) is 0 Å². The summed E-state index contributed by atoms with van der Waals surface area (Å²) in [7, 11) is 0. The molecule has 0 saturated heterocycles. The van der Waals surface area contributed by atoms with Crippen LogP contribution in [0.5, 0.6) is 5.75 Å². The van der Waals surface area contributed by atoms with E-state index in [-0.39, 0.29) is 16.9 Å². The van der Waals surface area contributed by atoms with Crippen LogP contribution in [0, 0.1) is 0 Å². The van der Waals surface area contributed by atoms with Crippen LogP contribution in [0.25, 0.3) is 22.4 Å². The quantitative estimate of drug-likeness (QED) is 0.325. The highest BCUT2D eigenvalue weighted by molar-refractivity contribution is 7.14. The van der Waals surface area contributed by atoms with Gasteiger partial charge >= 0.3 is 11.9 Å². The van der Waals surface area contributed by atoms with Crippen molar-refractivity contribution >= 4 is 34.1 Å². The fourth-order valence-corrected chi connectivity index (χ4v) is 3.78. The van der Waals surface area contributed by atoms with Crippen molar-refractivity contribution in [3.05, 3.63) is 83.2 Å². The van der Waals surface area contributed by atoms with Gasteiger partial charge in [-0.05, 0) is 53.6 Å². The second kappa shape index (κ2) is 8.29. The molecule has 1 heterocycles. The number of hydrogen-bond acceptors (Lipinski definition) is 6. The number of nitrogens with zero attached hydrogens (tertiary/aromatic N) is 1. The Bertz CT molecular complexity index is 1280. The molecule has 0 amide bonds. The largest absolute Gasteiger partial charge is 0.507 e. The molecular weight excluding hydrogens is 416 g/mol. The number of thiazole rings is 1. The SMILES string of the molecule is O=C(O)c1ccc(-c2cccc(Nc3nc(-c4ccc(O)c(C(=O)O)c4)cs3)c2)cc1. The zero-order valence-corrected chi connectivity index (χ0v) is 16.8. The highest BCUT2D eigenvalue weighted by Gasteiger charge is 2.13. The van der Waals surface area contributed by atoms with E-state index in [9.17, 15) is 19.8 Å². The highest BCUT2D eigenvalue weighted by Crippen LogP contribution is 2.31. The Hall–Kier alpha value is -4.17. The minimum Gasteiger partial charge on any atom is -0.507 e. The molecule has 0 radical (unpaired) electrons. The van der Waals surface area contributed by atoms with Crippen molar-refractivity contribution in [1.82, 2.24) is 4.98 Å². The molecule has 7 nitrogen and oxygen atoms in total. The number of aromatic carboxylic acids is 2. The van der Waals surface area contributed by atoms with Crippen molar-refractivity contribution in [3.63, 3.8) is 0 Å². The van der Waals surface area contributed by atoms with Crippen molar-refractivity contribution in [2.75, 3.05) is 5.32 Å². The zero-order valence-electron chi connectivity index (χ0n) is 15.9. The molecule has 0 saturated carbocycles. The smallest absolute Gasteiger partial charge is 0.339 e. The maximum atomic E-state index is 11.2. The van der Waals surface area contributed by atoms with Crippen molar-refractivity contribution in [2.45, 2.75) is 0 Å². The second-order valence-corrected chi connectivity index (χ2v) is 7.52. The third-order valence-corrected chi connectivity index (χ3v) is 5.36. The summed E-state index contributed by atoms with van der Waals surface area (Å²) in [5, 5.41) is 33.5. The number of aromatic hydroxyl groups is 1. The van der Waals surface area contributed by atoms with Gasteiger partial charge in [0.2, 0.25) is 0 Å². The molecule has 0 aliphatic rings. The Labute approximate surface area is 180 Å². The van der Waals surface area contributed by atoms with Gasteiger partial charge < -0.3 is 20.6 Å². The molecule has 4 rings (SSSR count). The van der Waals surface area contributed by atoms with Crippen LogP contribution in [-0.4, -0.2) is 32.2 Å². The molecule has 154 valence electrons. The molecule has 0 aliphatic heterocycles. The number of carboxylic acids is 2. The van der Waals surface area contributed by atoms with Gasteiger partial charge in [-0.3, -0.25) is 0 Å². The number of aromatic nitrogens is 1. The van der Waals surface area contributed by atoms with Gasteiger partial charge in [0, 0.05) is 16.6 Å². The van der Waals surface area contributed by atoms with Gasteiger partial charge in [0.25, 0.3) is 0 Å². The van der Waals surface area contributed by atoms with Crippen LogP contribution in [-0.2, 0) is 0 Å². The van der Waals surface area contributed by atoms with Crippen LogP contribution in [0.3, 0.4) is 0 Å².